The lowest BCUT2D eigenvalue weighted by Crippen LogP contribution is -2.26. The summed E-state index contributed by atoms with van der Waals surface area (Å²) in [6, 6.07) is 0. The van der Waals surface area contributed by atoms with Gasteiger partial charge < -0.3 is 15.6 Å². The SMILES string of the molecule is NC(=O)c1cn2c(n1)CCCC1=C2CNCC1. The summed E-state index contributed by atoms with van der Waals surface area (Å²) >= 11 is 0. The number of nitrogens with two attached hydrogens (primary N) is 1. The Hall–Kier alpha value is -1.62. The summed E-state index contributed by atoms with van der Waals surface area (Å²) in [6.45, 7) is 1.91. The van der Waals surface area contributed by atoms with Crippen molar-refractivity contribution in [1.29, 1.82) is 0 Å². The number of carbonyl (C=O) groups is 1. The lowest BCUT2D eigenvalue weighted by atomic mass is 10.0. The van der Waals surface area contributed by atoms with Gasteiger partial charge in [-0.15, -0.1) is 0 Å². The first-order valence-electron chi connectivity index (χ1n) is 6.06. The molecular formula is C12H16N4O. The monoisotopic (exact) mass is 232 g/mol. The zero-order valence-corrected chi connectivity index (χ0v) is 9.70. The normalized spacial score (nSPS) is 19.5. The summed E-state index contributed by atoms with van der Waals surface area (Å²) < 4.78 is 2.06. The van der Waals surface area contributed by atoms with Crippen LogP contribution in [-0.2, 0) is 6.42 Å². The number of hydrogen-bond acceptors (Lipinski definition) is 3. The number of nitrogens with one attached hydrogen (secondary N) is 1. The minimum Gasteiger partial charge on any atom is -0.364 e. The number of aromatic nitrogens is 2. The van der Waals surface area contributed by atoms with Gasteiger partial charge in [0.2, 0.25) is 0 Å². The predicted molar refractivity (Wildman–Crippen MR) is 64.4 cm³/mol. The zero-order valence-electron chi connectivity index (χ0n) is 9.70. The van der Waals surface area contributed by atoms with Gasteiger partial charge in [0.25, 0.3) is 5.91 Å². The highest BCUT2D eigenvalue weighted by molar-refractivity contribution is 5.90. The van der Waals surface area contributed by atoms with Crippen LogP contribution in [0.5, 0.6) is 0 Å². The molecule has 0 atom stereocenters. The molecule has 3 N–H and O–H groups in total. The van der Waals surface area contributed by atoms with E-state index >= 15 is 0 Å². The molecule has 1 aromatic rings. The second-order valence-corrected chi connectivity index (χ2v) is 4.61. The number of aryl methyl sites for hydroxylation is 1. The average molecular weight is 232 g/mol. The molecule has 3 rings (SSSR count). The van der Waals surface area contributed by atoms with Crippen molar-refractivity contribution in [3.63, 3.8) is 0 Å². The molecule has 0 bridgehead atoms. The van der Waals surface area contributed by atoms with E-state index in [0.717, 1.165) is 44.6 Å². The van der Waals surface area contributed by atoms with E-state index in [4.69, 9.17) is 5.73 Å². The van der Waals surface area contributed by atoms with E-state index in [9.17, 15) is 4.79 Å². The molecule has 0 spiro atoms. The second-order valence-electron chi connectivity index (χ2n) is 4.61. The summed E-state index contributed by atoms with van der Waals surface area (Å²) in [4.78, 5) is 15.5. The maximum atomic E-state index is 11.2. The van der Waals surface area contributed by atoms with Crippen molar-refractivity contribution in [2.45, 2.75) is 25.7 Å². The average Bonchev–Trinajstić information content (AvgIpc) is 2.67. The summed E-state index contributed by atoms with van der Waals surface area (Å²) in [6.07, 6.45) is 6.05. The van der Waals surface area contributed by atoms with Gasteiger partial charge in [-0.25, -0.2) is 4.98 Å². The van der Waals surface area contributed by atoms with E-state index in [1.807, 2.05) is 0 Å². The van der Waals surface area contributed by atoms with E-state index in [0.29, 0.717) is 5.69 Å². The fourth-order valence-corrected chi connectivity index (χ4v) is 2.65. The van der Waals surface area contributed by atoms with Gasteiger partial charge in [-0.05, 0) is 31.4 Å². The Bertz CT molecular complexity index is 501. The highest BCUT2D eigenvalue weighted by Crippen LogP contribution is 2.27. The molecule has 0 fully saturated rings. The first-order chi connectivity index (χ1) is 8.25. The van der Waals surface area contributed by atoms with Gasteiger partial charge in [-0.3, -0.25) is 4.79 Å². The van der Waals surface area contributed by atoms with Gasteiger partial charge in [-0.1, -0.05) is 0 Å². The molecule has 1 amide bonds. The number of amides is 1. The Morgan fingerprint density at radius 1 is 1.41 bits per heavy atom. The van der Waals surface area contributed by atoms with Gasteiger partial charge in [0.05, 0.1) is 0 Å². The molecule has 0 radical (unpaired) electrons. The van der Waals surface area contributed by atoms with E-state index in [1.54, 1.807) is 6.20 Å². The number of carbonyl (C=O) groups excluding carboxylic acids is 1. The fourth-order valence-electron chi connectivity index (χ4n) is 2.65. The van der Waals surface area contributed by atoms with Crippen LogP contribution in [0.25, 0.3) is 5.70 Å². The van der Waals surface area contributed by atoms with Crippen LogP contribution in [0, 0.1) is 0 Å². The van der Waals surface area contributed by atoms with E-state index < -0.39 is 5.91 Å². The van der Waals surface area contributed by atoms with Crippen LogP contribution in [0.1, 0.15) is 35.6 Å². The third-order valence-electron chi connectivity index (χ3n) is 3.51. The van der Waals surface area contributed by atoms with Crippen LogP contribution in [0.4, 0.5) is 0 Å². The molecule has 17 heavy (non-hydrogen) atoms. The van der Waals surface area contributed by atoms with Crippen molar-refractivity contribution < 1.29 is 4.79 Å². The zero-order chi connectivity index (χ0) is 11.8. The number of imidazole rings is 1. The highest BCUT2D eigenvalue weighted by Gasteiger charge is 2.21. The molecule has 2 aliphatic heterocycles. The van der Waals surface area contributed by atoms with Crippen molar-refractivity contribution in [3.8, 4) is 0 Å². The summed E-state index contributed by atoms with van der Waals surface area (Å²) in [7, 11) is 0. The maximum Gasteiger partial charge on any atom is 0.268 e. The van der Waals surface area contributed by atoms with Crippen LogP contribution in [0.15, 0.2) is 11.8 Å². The van der Waals surface area contributed by atoms with Crippen LogP contribution in [0.2, 0.25) is 0 Å². The summed E-state index contributed by atoms with van der Waals surface area (Å²) in [5.41, 5.74) is 8.42. The van der Waals surface area contributed by atoms with Gasteiger partial charge in [0.15, 0.2) is 0 Å². The Balaban J connectivity index is 2.10. The van der Waals surface area contributed by atoms with Gasteiger partial charge >= 0.3 is 0 Å². The van der Waals surface area contributed by atoms with E-state index in [2.05, 4.69) is 14.9 Å². The van der Waals surface area contributed by atoms with Crippen molar-refractivity contribution in [2.75, 3.05) is 13.1 Å². The Morgan fingerprint density at radius 3 is 3.12 bits per heavy atom. The predicted octanol–water partition coefficient (Wildman–Crippen LogP) is 0.523. The molecular weight excluding hydrogens is 216 g/mol. The van der Waals surface area contributed by atoms with Gasteiger partial charge in [0.1, 0.15) is 11.5 Å². The largest absolute Gasteiger partial charge is 0.364 e. The molecule has 3 heterocycles. The molecule has 2 aliphatic rings. The molecule has 0 saturated carbocycles. The Labute approximate surface area is 99.7 Å². The third-order valence-corrected chi connectivity index (χ3v) is 3.51. The van der Waals surface area contributed by atoms with Crippen molar-refractivity contribution in [2.24, 2.45) is 5.73 Å². The molecule has 0 aliphatic carbocycles. The van der Waals surface area contributed by atoms with Crippen LogP contribution >= 0.6 is 0 Å². The van der Waals surface area contributed by atoms with Crippen LogP contribution < -0.4 is 11.1 Å². The second kappa shape index (κ2) is 4.00. The summed E-state index contributed by atoms with van der Waals surface area (Å²) in [5.74, 6) is 0.518. The Morgan fingerprint density at radius 2 is 2.29 bits per heavy atom. The Kier molecular flexibility index (Phi) is 2.48. The minimum atomic E-state index is -0.448. The smallest absolute Gasteiger partial charge is 0.268 e. The van der Waals surface area contributed by atoms with Gasteiger partial charge in [-0.2, -0.15) is 0 Å². The number of primary amides is 1. The van der Waals surface area contributed by atoms with Gasteiger partial charge in [0, 0.05) is 24.9 Å². The summed E-state index contributed by atoms with van der Waals surface area (Å²) in [5, 5.41) is 3.37. The number of rotatable bonds is 1. The van der Waals surface area contributed by atoms with Crippen LogP contribution in [0.3, 0.4) is 0 Å². The first-order valence-corrected chi connectivity index (χ1v) is 6.06. The first kappa shape index (κ1) is 10.5. The minimum absolute atomic E-state index is 0.374. The number of nitrogens with zero attached hydrogens (tertiary/aromatic N) is 2. The lowest BCUT2D eigenvalue weighted by Gasteiger charge is -2.21. The van der Waals surface area contributed by atoms with Crippen LogP contribution in [-0.4, -0.2) is 28.5 Å². The van der Waals surface area contributed by atoms with E-state index in [1.165, 1.54) is 11.3 Å². The van der Waals surface area contributed by atoms with Crippen molar-refractivity contribution in [1.82, 2.24) is 14.9 Å². The molecule has 1 aromatic heterocycles. The van der Waals surface area contributed by atoms with E-state index in [-0.39, 0.29) is 0 Å². The third kappa shape index (κ3) is 1.76. The molecule has 5 nitrogen and oxygen atoms in total. The highest BCUT2D eigenvalue weighted by atomic mass is 16.1. The quantitative estimate of drug-likeness (QED) is 0.741. The standard InChI is InChI=1S/C12H16N4O/c13-12(17)9-7-16-10-6-14-5-4-8(10)2-1-3-11(16)15-9/h7,14H,1-6H2,(H2,13,17). The molecule has 0 aromatic carbocycles. The molecule has 0 unspecified atom stereocenters. The van der Waals surface area contributed by atoms with Crippen molar-refractivity contribution in [3.05, 3.63) is 23.3 Å². The molecule has 90 valence electrons. The maximum absolute atomic E-state index is 11.2. The molecule has 5 heteroatoms. The number of fused-ring (bicyclic) bond motifs is 2. The topological polar surface area (TPSA) is 72.9 Å². The lowest BCUT2D eigenvalue weighted by molar-refractivity contribution is 0.0996. The molecule has 0 saturated heterocycles. The fraction of sp³-hybridized carbons (Fsp3) is 0.500. The van der Waals surface area contributed by atoms with Crippen molar-refractivity contribution >= 4 is 11.6 Å². The number of hydrogen-bond donors (Lipinski definition) is 2.